The topological polar surface area (TPSA) is 67.8 Å². The van der Waals surface area contributed by atoms with Crippen molar-refractivity contribution >= 4 is 27.7 Å². The van der Waals surface area contributed by atoms with Gasteiger partial charge in [0.1, 0.15) is 0 Å². The molecule has 4 nitrogen and oxygen atoms in total. The molecule has 2 aromatic heterocycles. The summed E-state index contributed by atoms with van der Waals surface area (Å²) in [5, 5.41) is 6.49. The van der Waals surface area contributed by atoms with E-state index in [1.807, 2.05) is 19.9 Å². The number of hydrogen-bond donors (Lipinski definition) is 2. The monoisotopic (exact) mass is 307 g/mol. The minimum absolute atomic E-state index is 0.141. The zero-order valence-corrected chi connectivity index (χ0v) is 13.6. The van der Waals surface area contributed by atoms with Crippen LogP contribution < -0.4 is 5.73 Å². The summed E-state index contributed by atoms with van der Waals surface area (Å²) in [5.74, 6) is 0.491. The fourth-order valence-electron chi connectivity index (χ4n) is 2.82. The zero-order chi connectivity index (χ0) is 16.4. The summed E-state index contributed by atoms with van der Waals surface area (Å²) in [6.07, 6.45) is 0. The van der Waals surface area contributed by atoms with E-state index in [2.05, 4.69) is 53.5 Å². The van der Waals surface area contributed by atoms with Crippen molar-refractivity contribution in [1.29, 1.82) is 0 Å². The van der Waals surface area contributed by atoms with Crippen molar-refractivity contribution in [3.63, 3.8) is 0 Å². The van der Waals surface area contributed by atoms with E-state index in [1.165, 1.54) is 16.3 Å². The van der Waals surface area contributed by atoms with Crippen LogP contribution in [0.25, 0.3) is 21.8 Å². The summed E-state index contributed by atoms with van der Waals surface area (Å²) in [5.41, 5.74) is 9.93. The molecule has 2 aromatic carbocycles. The van der Waals surface area contributed by atoms with Gasteiger partial charge in [-0.15, -0.1) is 0 Å². The van der Waals surface area contributed by atoms with Crippen molar-refractivity contribution in [2.75, 3.05) is 5.73 Å². The lowest BCUT2D eigenvalue weighted by molar-refractivity contribution is 0.425. The van der Waals surface area contributed by atoms with E-state index in [4.69, 9.17) is 10.3 Å². The molecule has 0 aliphatic heterocycles. The number of aromatic amines is 1. The minimum Gasteiger partial charge on any atom is -0.368 e. The molecule has 4 aromatic rings. The molecule has 2 heterocycles. The number of hydrogen-bond acceptors (Lipinski definition) is 3. The van der Waals surface area contributed by atoms with Crippen LogP contribution in [0, 0.1) is 0 Å². The summed E-state index contributed by atoms with van der Waals surface area (Å²) in [6.45, 7) is 6.10. The molecule has 0 bridgehead atoms. The predicted molar refractivity (Wildman–Crippen MR) is 95.6 cm³/mol. The van der Waals surface area contributed by atoms with Gasteiger partial charge < -0.3 is 15.2 Å². The second-order valence-electron chi connectivity index (χ2n) is 5.35. The third-order valence-corrected chi connectivity index (χ3v) is 4.02. The van der Waals surface area contributed by atoms with Crippen molar-refractivity contribution in [3.8, 4) is 0 Å². The maximum absolute atomic E-state index is 5.60. The number of anilines is 1. The van der Waals surface area contributed by atoms with E-state index in [0.717, 1.165) is 16.7 Å². The Kier molecular flexibility index (Phi) is 4.06. The maximum Gasteiger partial charge on any atom is 0.222 e. The van der Waals surface area contributed by atoms with Crippen LogP contribution in [-0.2, 0) is 0 Å². The highest BCUT2D eigenvalue weighted by Gasteiger charge is 2.14. The summed E-state index contributed by atoms with van der Waals surface area (Å²) in [4.78, 5) is 3.46. The largest absolute Gasteiger partial charge is 0.368 e. The van der Waals surface area contributed by atoms with Crippen LogP contribution in [0.3, 0.4) is 0 Å². The minimum atomic E-state index is 0.141. The van der Waals surface area contributed by atoms with E-state index in [0.29, 0.717) is 5.88 Å². The standard InChI is InChI=1S/C17H15N3O.C2H6/c1-10(15-9-17(18)21-20-15)11-6-7-13-12-4-2-3-5-14(12)19-16(13)8-11;1-2/h2-10,19H,18H2,1H3;1-2H3. The van der Waals surface area contributed by atoms with Gasteiger partial charge in [-0.2, -0.15) is 0 Å². The highest BCUT2D eigenvalue weighted by Crippen LogP contribution is 2.30. The van der Waals surface area contributed by atoms with Crippen molar-refractivity contribution < 1.29 is 4.52 Å². The summed E-state index contributed by atoms with van der Waals surface area (Å²) < 4.78 is 4.96. The Morgan fingerprint density at radius 2 is 1.74 bits per heavy atom. The lowest BCUT2D eigenvalue weighted by atomic mass is 9.96. The third kappa shape index (κ3) is 2.68. The van der Waals surface area contributed by atoms with Gasteiger partial charge in [-0.1, -0.05) is 56.3 Å². The molecule has 118 valence electrons. The van der Waals surface area contributed by atoms with Crippen LogP contribution in [0.15, 0.2) is 53.1 Å². The van der Waals surface area contributed by atoms with E-state index >= 15 is 0 Å². The molecule has 0 aliphatic rings. The average molecular weight is 307 g/mol. The Bertz CT molecular complexity index is 936. The fourth-order valence-corrected chi connectivity index (χ4v) is 2.82. The van der Waals surface area contributed by atoms with Gasteiger partial charge in [-0.25, -0.2) is 0 Å². The molecule has 4 rings (SSSR count). The Morgan fingerprint density at radius 1 is 1.00 bits per heavy atom. The van der Waals surface area contributed by atoms with E-state index < -0.39 is 0 Å². The van der Waals surface area contributed by atoms with E-state index in [9.17, 15) is 0 Å². The van der Waals surface area contributed by atoms with Gasteiger partial charge in [0.25, 0.3) is 0 Å². The molecule has 3 N–H and O–H groups in total. The average Bonchev–Trinajstić information content (AvgIpc) is 3.18. The molecule has 0 saturated heterocycles. The fraction of sp³-hybridized carbons (Fsp3) is 0.211. The van der Waals surface area contributed by atoms with Gasteiger partial charge in [-0.3, -0.25) is 0 Å². The van der Waals surface area contributed by atoms with Gasteiger partial charge >= 0.3 is 0 Å². The summed E-state index contributed by atoms with van der Waals surface area (Å²) >= 11 is 0. The number of nitrogens with two attached hydrogens (primary N) is 1. The van der Waals surface area contributed by atoms with Crippen LogP contribution in [0.5, 0.6) is 0 Å². The van der Waals surface area contributed by atoms with Crippen molar-refractivity contribution in [2.45, 2.75) is 26.7 Å². The number of fused-ring (bicyclic) bond motifs is 3. The molecular weight excluding hydrogens is 286 g/mol. The van der Waals surface area contributed by atoms with Crippen LogP contribution in [0.1, 0.15) is 37.9 Å². The summed E-state index contributed by atoms with van der Waals surface area (Å²) in [7, 11) is 0. The van der Waals surface area contributed by atoms with Gasteiger partial charge in [0.2, 0.25) is 5.88 Å². The highest BCUT2D eigenvalue weighted by atomic mass is 16.5. The zero-order valence-electron chi connectivity index (χ0n) is 13.6. The summed E-state index contributed by atoms with van der Waals surface area (Å²) in [6, 6.07) is 16.6. The quantitative estimate of drug-likeness (QED) is 0.543. The molecule has 1 unspecified atom stereocenters. The Labute approximate surface area is 135 Å². The first-order valence-electron chi connectivity index (χ1n) is 7.95. The van der Waals surface area contributed by atoms with E-state index in [1.54, 1.807) is 6.07 Å². The Balaban J connectivity index is 0.000000753. The normalized spacial score (nSPS) is 12.1. The number of nitrogens with one attached hydrogen (secondary N) is 1. The molecular formula is C19H21N3O. The molecule has 0 amide bonds. The number of rotatable bonds is 2. The highest BCUT2D eigenvalue weighted by molar-refractivity contribution is 6.07. The molecule has 4 heteroatoms. The Morgan fingerprint density at radius 3 is 2.48 bits per heavy atom. The first kappa shape index (κ1) is 15.2. The molecule has 23 heavy (non-hydrogen) atoms. The van der Waals surface area contributed by atoms with Gasteiger partial charge in [0, 0.05) is 33.8 Å². The maximum atomic E-state index is 5.60. The van der Waals surface area contributed by atoms with Gasteiger partial charge in [0.15, 0.2) is 0 Å². The van der Waals surface area contributed by atoms with Gasteiger partial charge in [-0.05, 0) is 17.7 Å². The SMILES string of the molecule is CC.CC(c1ccc2c(c1)[nH]c1ccccc12)c1cc(N)on1. The predicted octanol–water partition coefficient (Wildman–Crippen LogP) is 5.07. The third-order valence-electron chi connectivity index (χ3n) is 4.02. The second-order valence-corrected chi connectivity index (χ2v) is 5.35. The molecule has 1 atom stereocenters. The molecule has 0 saturated carbocycles. The van der Waals surface area contributed by atoms with Gasteiger partial charge in [0.05, 0.1) is 5.69 Å². The van der Waals surface area contributed by atoms with Crippen LogP contribution >= 0.6 is 0 Å². The van der Waals surface area contributed by atoms with Crippen molar-refractivity contribution in [1.82, 2.24) is 10.1 Å². The van der Waals surface area contributed by atoms with Crippen LogP contribution in [0.4, 0.5) is 5.88 Å². The lowest BCUT2D eigenvalue weighted by Gasteiger charge is -2.08. The molecule has 0 spiro atoms. The Hall–Kier alpha value is -2.75. The molecule has 0 radical (unpaired) electrons. The van der Waals surface area contributed by atoms with Crippen molar-refractivity contribution in [2.24, 2.45) is 0 Å². The second kappa shape index (κ2) is 6.16. The number of H-pyrrole nitrogens is 1. The van der Waals surface area contributed by atoms with E-state index in [-0.39, 0.29) is 5.92 Å². The number of nitrogens with zero attached hydrogens (tertiary/aromatic N) is 1. The smallest absolute Gasteiger partial charge is 0.222 e. The van der Waals surface area contributed by atoms with Crippen molar-refractivity contribution in [3.05, 3.63) is 59.8 Å². The number of benzene rings is 2. The number of aromatic nitrogens is 2. The van der Waals surface area contributed by atoms with Crippen LogP contribution in [-0.4, -0.2) is 10.1 Å². The molecule has 0 fully saturated rings. The first-order chi connectivity index (χ1) is 11.2. The lowest BCUT2D eigenvalue weighted by Crippen LogP contribution is -1.96. The first-order valence-corrected chi connectivity index (χ1v) is 7.95. The number of nitrogen functional groups attached to an aromatic ring is 1. The molecule has 0 aliphatic carbocycles. The van der Waals surface area contributed by atoms with Crippen LogP contribution in [0.2, 0.25) is 0 Å². The number of para-hydroxylation sites is 1.